The molecule has 0 aliphatic carbocycles. The molecule has 0 spiro atoms. The van der Waals surface area contributed by atoms with E-state index in [0.717, 1.165) is 0 Å². The van der Waals surface area contributed by atoms with Crippen LogP contribution in [0, 0.1) is 0 Å². The van der Waals surface area contributed by atoms with Gasteiger partial charge in [-0.15, -0.1) is 0 Å². The van der Waals surface area contributed by atoms with Gasteiger partial charge in [0, 0.05) is 19.5 Å². The molecule has 1 unspecified atom stereocenters. The van der Waals surface area contributed by atoms with Gasteiger partial charge in [0.1, 0.15) is 6.04 Å². The lowest BCUT2D eigenvalue weighted by Crippen LogP contribution is -2.38. The van der Waals surface area contributed by atoms with Gasteiger partial charge in [-0.25, -0.2) is 0 Å². The number of rotatable bonds is 1. The molecular formula is C6H9N2O2. The quantitative estimate of drug-likeness (QED) is 0.471. The van der Waals surface area contributed by atoms with E-state index in [0.29, 0.717) is 19.5 Å². The number of hydrogen-bond donors (Lipinski definition) is 2. The monoisotopic (exact) mass is 141 g/mol. The molecule has 0 saturated carbocycles. The van der Waals surface area contributed by atoms with Crippen LogP contribution in [0.15, 0.2) is 0 Å². The third kappa shape index (κ3) is 1.80. The molecule has 1 amide bonds. The van der Waals surface area contributed by atoms with Gasteiger partial charge in [-0.1, -0.05) is 0 Å². The highest BCUT2D eigenvalue weighted by Gasteiger charge is 2.14. The smallest absolute Gasteiger partial charge is 0.224 e. The molecule has 0 aromatic heterocycles. The Hall–Kier alpha value is -0.900. The van der Waals surface area contributed by atoms with Crippen molar-refractivity contribution >= 4 is 12.2 Å². The summed E-state index contributed by atoms with van der Waals surface area (Å²) in [7, 11) is 0. The summed E-state index contributed by atoms with van der Waals surface area (Å²) in [5.74, 6) is -0.0849. The molecule has 4 nitrogen and oxygen atoms in total. The minimum absolute atomic E-state index is 0.0849. The molecule has 1 atom stereocenters. The summed E-state index contributed by atoms with van der Waals surface area (Å²) in [5.41, 5.74) is 0. The van der Waals surface area contributed by atoms with E-state index in [2.05, 4.69) is 10.6 Å². The molecule has 10 heavy (non-hydrogen) atoms. The third-order valence-electron chi connectivity index (χ3n) is 1.35. The van der Waals surface area contributed by atoms with E-state index in [1.54, 1.807) is 6.29 Å². The molecule has 0 aromatic carbocycles. The first-order chi connectivity index (χ1) is 4.83. The molecular weight excluding hydrogens is 132 g/mol. The largest absolute Gasteiger partial charge is 0.344 e. The maximum absolute atomic E-state index is 10.7. The van der Waals surface area contributed by atoms with Crippen molar-refractivity contribution in [1.82, 2.24) is 10.6 Å². The molecule has 1 saturated heterocycles. The molecule has 1 fully saturated rings. The van der Waals surface area contributed by atoms with Crippen LogP contribution in [-0.2, 0) is 9.59 Å². The van der Waals surface area contributed by atoms with Crippen LogP contribution in [0.4, 0.5) is 0 Å². The van der Waals surface area contributed by atoms with Crippen LogP contribution in [0.25, 0.3) is 0 Å². The SMILES string of the molecule is O=[C]C1CNCCC(=O)N1. The molecule has 4 heteroatoms. The van der Waals surface area contributed by atoms with Gasteiger partial charge in [0.05, 0.1) is 0 Å². The van der Waals surface area contributed by atoms with Gasteiger partial charge in [-0.3, -0.25) is 9.59 Å². The first kappa shape index (κ1) is 7.21. The van der Waals surface area contributed by atoms with E-state index in [9.17, 15) is 9.59 Å². The van der Waals surface area contributed by atoms with Crippen LogP contribution in [0.3, 0.4) is 0 Å². The Morgan fingerprint density at radius 2 is 2.40 bits per heavy atom. The first-order valence-corrected chi connectivity index (χ1v) is 3.20. The van der Waals surface area contributed by atoms with Gasteiger partial charge in [0.25, 0.3) is 0 Å². The Kier molecular flexibility index (Phi) is 2.39. The number of nitrogens with one attached hydrogen (secondary N) is 2. The normalized spacial score (nSPS) is 26.8. The summed E-state index contributed by atoms with van der Waals surface area (Å²) in [6.45, 7) is 1.14. The highest BCUT2D eigenvalue weighted by molar-refractivity contribution is 5.80. The van der Waals surface area contributed by atoms with Gasteiger partial charge in [-0.05, 0) is 0 Å². The fourth-order valence-corrected chi connectivity index (χ4v) is 0.837. The van der Waals surface area contributed by atoms with E-state index in [1.807, 2.05) is 0 Å². The maximum Gasteiger partial charge on any atom is 0.224 e. The van der Waals surface area contributed by atoms with Crippen LogP contribution in [0.5, 0.6) is 0 Å². The highest BCUT2D eigenvalue weighted by Crippen LogP contribution is 1.86. The number of amides is 1. The molecule has 0 bridgehead atoms. The Morgan fingerprint density at radius 1 is 1.60 bits per heavy atom. The van der Waals surface area contributed by atoms with Crippen LogP contribution >= 0.6 is 0 Å². The summed E-state index contributed by atoms with van der Waals surface area (Å²) < 4.78 is 0. The Morgan fingerprint density at radius 3 is 3.10 bits per heavy atom. The lowest BCUT2D eigenvalue weighted by Gasteiger charge is -2.04. The molecule has 2 N–H and O–H groups in total. The van der Waals surface area contributed by atoms with Gasteiger partial charge in [0.15, 0.2) is 0 Å². The summed E-state index contributed by atoms with van der Waals surface area (Å²) in [5, 5.41) is 5.44. The Bertz CT molecular complexity index is 147. The van der Waals surface area contributed by atoms with Gasteiger partial charge >= 0.3 is 0 Å². The van der Waals surface area contributed by atoms with Crippen molar-refractivity contribution in [2.24, 2.45) is 0 Å². The zero-order valence-corrected chi connectivity index (χ0v) is 5.52. The minimum Gasteiger partial charge on any atom is -0.344 e. The van der Waals surface area contributed by atoms with Gasteiger partial charge < -0.3 is 10.6 Å². The Balaban J connectivity index is 2.45. The number of carbonyl (C=O) groups is 1. The van der Waals surface area contributed by atoms with E-state index >= 15 is 0 Å². The average Bonchev–Trinajstić information content (AvgIpc) is 2.13. The van der Waals surface area contributed by atoms with Gasteiger partial charge in [0.2, 0.25) is 12.2 Å². The third-order valence-corrected chi connectivity index (χ3v) is 1.35. The topological polar surface area (TPSA) is 58.2 Å². The summed E-state index contributed by atoms with van der Waals surface area (Å²) >= 11 is 0. The summed E-state index contributed by atoms with van der Waals surface area (Å²) in [6.07, 6.45) is 2.17. The lowest BCUT2D eigenvalue weighted by molar-refractivity contribution is -0.120. The predicted molar refractivity (Wildman–Crippen MR) is 35.1 cm³/mol. The molecule has 1 rings (SSSR count). The Labute approximate surface area is 59.0 Å². The van der Waals surface area contributed by atoms with Crippen molar-refractivity contribution < 1.29 is 9.59 Å². The van der Waals surface area contributed by atoms with E-state index in [-0.39, 0.29) is 5.91 Å². The van der Waals surface area contributed by atoms with Crippen LogP contribution in [-0.4, -0.2) is 31.3 Å². The van der Waals surface area contributed by atoms with Crippen molar-refractivity contribution in [3.05, 3.63) is 0 Å². The average molecular weight is 141 g/mol. The molecule has 1 aliphatic heterocycles. The molecule has 0 aromatic rings. The van der Waals surface area contributed by atoms with Crippen molar-refractivity contribution in [2.75, 3.05) is 13.1 Å². The van der Waals surface area contributed by atoms with Gasteiger partial charge in [-0.2, -0.15) is 0 Å². The van der Waals surface area contributed by atoms with Crippen LogP contribution in [0.1, 0.15) is 6.42 Å². The van der Waals surface area contributed by atoms with E-state index < -0.39 is 6.04 Å². The second-order valence-electron chi connectivity index (χ2n) is 2.19. The standard InChI is InChI=1S/C6H9N2O2/c9-4-5-3-7-2-1-6(10)8-5/h5,7H,1-3H2,(H,8,10). The van der Waals surface area contributed by atoms with Crippen LogP contribution < -0.4 is 10.6 Å². The van der Waals surface area contributed by atoms with E-state index in [4.69, 9.17) is 0 Å². The number of hydrogen-bond acceptors (Lipinski definition) is 3. The minimum atomic E-state index is -0.463. The second-order valence-corrected chi connectivity index (χ2v) is 2.19. The molecule has 1 heterocycles. The maximum atomic E-state index is 10.7. The molecule has 55 valence electrons. The van der Waals surface area contributed by atoms with E-state index in [1.165, 1.54) is 0 Å². The van der Waals surface area contributed by atoms with Crippen molar-refractivity contribution in [2.45, 2.75) is 12.5 Å². The molecule has 1 aliphatic rings. The fourth-order valence-electron chi connectivity index (χ4n) is 0.837. The summed E-state index contributed by atoms with van der Waals surface area (Å²) in [6, 6.07) is -0.463. The highest BCUT2D eigenvalue weighted by atomic mass is 16.2. The van der Waals surface area contributed by atoms with Crippen molar-refractivity contribution in [3.8, 4) is 0 Å². The zero-order chi connectivity index (χ0) is 7.40. The fraction of sp³-hybridized carbons (Fsp3) is 0.667. The second kappa shape index (κ2) is 3.31. The van der Waals surface area contributed by atoms with Crippen molar-refractivity contribution in [3.63, 3.8) is 0 Å². The number of carbonyl (C=O) groups excluding carboxylic acids is 2. The predicted octanol–water partition coefficient (Wildman–Crippen LogP) is -1.43. The molecule has 1 radical (unpaired) electrons. The zero-order valence-electron chi connectivity index (χ0n) is 5.52. The lowest BCUT2D eigenvalue weighted by atomic mass is 10.3. The summed E-state index contributed by atoms with van der Waals surface area (Å²) in [4.78, 5) is 20.8. The first-order valence-electron chi connectivity index (χ1n) is 3.20. The van der Waals surface area contributed by atoms with Crippen molar-refractivity contribution in [1.29, 1.82) is 0 Å². The van der Waals surface area contributed by atoms with Crippen LogP contribution in [0.2, 0.25) is 0 Å².